The van der Waals surface area contributed by atoms with E-state index in [0.717, 1.165) is 12.8 Å². The van der Waals surface area contributed by atoms with Gasteiger partial charge in [0.25, 0.3) is 0 Å². The first kappa shape index (κ1) is 29.2. The summed E-state index contributed by atoms with van der Waals surface area (Å²) < 4.78 is 1.37. The van der Waals surface area contributed by atoms with Crippen molar-refractivity contribution >= 4 is 46.3 Å². The molecule has 5 aromatic rings. The third-order valence-corrected chi connectivity index (χ3v) is 24.0. The molecule has 2 aliphatic rings. The number of aryl methyl sites for hydroxylation is 1. The molecule has 1 heterocycles. The Bertz CT molecular complexity index is 1870. The predicted molar refractivity (Wildman–Crippen MR) is 188 cm³/mol. The molecule has 4 heteroatoms. The minimum atomic E-state index is -4.07. The fourth-order valence-electron chi connectivity index (χ4n) is 7.39. The summed E-state index contributed by atoms with van der Waals surface area (Å²) in [6.07, 6.45) is 4.54. The van der Waals surface area contributed by atoms with Gasteiger partial charge >= 0.3 is 272 Å². The number of hydrogen-bond acceptors (Lipinski definition) is 0. The van der Waals surface area contributed by atoms with Crippen molar-refractivity contribution in [3.05, 3.63) is 131 Å². The van der Waals surface area contributed by atoms with Crippen molar-refractivity contribution in [3.8, 4) is 33.4 Å². The van der Waals surface area contributed by atoms with Crippen molar-refractivity contribution in [2.75, 3.05) is 0 Å². The Morgan fingerprint density at radius 2 is 1.42 bits per heavy atom. The van der Waals surface area contributed by atoms with Gasteiger partial charge in [0.2, 0.25) is 0 Å². The second kappa shape index (κ2) is 11.8. The average molecular weight is 695 g/mol. The SMILES string of the molecule is CCc1ccccc1-c1c(-c2ccccc2)ccc2c1C=C(C(C)CC)[CH]2[Zr]([Cl])([Cl])[c]1cccc2c1[SiH2]c1ccccc1-2. The van der Waals surface area contributed by atoms with Gasteiger partial charge in [-0.05, 0) is 0 Å². The van der Waals surface area contributed by atoms with Gasteiger partial charge in [0.1, 0.15) is 0 Å². The van der Waals surface area contributed by atoms with E-state index in [0.29, 0.717) is 5.92 Å². The van der Waals surface area contributed by atoms with Gasteiger partial charge in [-0.15, -0.1) is 0 Å². The maximum atomic E-state index is 7.99. The molecule has 0 amide bonds. The van der Waals surface area contributed by atoms with Gasteiger partial charge in [0, 0.05) is 0 Å². The number of rotatable bonds is 7. The van der Waals surface area contributed by atoms with Crippen LogP contribution < -0.4 is 13.6 Å². The van der Waals surface area contributed by atoms with E-state index in [9.17, 15) is 0 Å². The molecule has 2 atom stereocenters. The number of benzene rings is 5. The zero-order valence-corrected chi connectivity index (χ0v) is 30.4. The Balaban J connectivity index is 1.47. The molecule has 0 saturated heterocycles. The second-order valence-electron chi connectivity index (χ2n) is 12.0. The number of fused-ring (bicyclic) bond motifs is 4. The molecule has 2 unspecified atom stereocenters. The maximum absolute atomic E-state index is 7.99. The van der Waals surface area contributed by atoms with E-state index in [-0.39, 0.29) is 3.63 Å². The van der Waals surface area contributed by atoms with E-state index in [4.69, 9.17) is 17.0 Å². The van der Waals surface area contributed by atoms with Crippen molar-refractivity contribution in [3.63, 3.8) is 0 Å². The molecule has 7 rings (SSSR count). The molecule has 0 spiro atoms. The normalized spacial score (nSPS) is 16.5. The zero-order chi connectivity index (χ0) is 29.7. The van der Waals surface area contributed by atoms with E-state index in [1.807, 2.05) is 0 Å². The van der Waals surface area contributed by atoms with Crippen LogP contribution in [0.4, 0.5) is 0 Å². The molecule has 43 heavy (non-hydrogen) atoms. The average Bonchev–Trinajstić information content (AvgIpc) is 3.64. The Kier molecular flexibility index (Phi) is 8.02. The van der Waals surface area contributed by atoms with Crippen molar-refractivity contribution in [2.24, 2.45) is 5.92 Å². The van der Waals surface area contributed by atoms with Gasteiger partial charge in [0.05, 0.1) is 0 Å². The molecular formula is C39H36Cl2SiZr. The standard InChI is InChI=1S/C27H27.C12H9Si.2ClH.Zr/c1-4-19(3)23-17-22-15-16-25(21-12-7-6-8-13-21)27(26(22)18-23)24-14-10-9-11-20(24)5-2;1-3-7-11-9(5-1)10-6-2-4-8-12(10)13-11;;;/h6-19H,4-5H2,1-3H3;1-7H,13H2;2*1H;/q;;;;+2/p-2. The predicted octanol–water partition coefficient (Wildman–Crippen LogP) is 8.95. The molecule has 1 aliphatic carbocycles. The van der Waals surface area contributed by atoms with Crippen LogP contribution in [0.2, 0.25) is 0 Å². The molecular weight excluding hydrogens is 659 g/mol. The van der Waals surface area contributed by atoms with Gasteiger partial charge in [0.15, 0.2) is 0 Å². The van der Waals surface area contributed by atoms with E-state index in [1.165, 1.54) is 69.3 Å². The third kappa shape index (κ3) is 4.90. The molecule has 5 aromatic carbocycles. The summed E-state index contributed by atoms with van der Waals surface area (Å²) in [7, 11) is 15.3. The van der Waals surface area contributed by atoms with Gasteiger partial charge in [-0.3, -0.25) is 0 Å². The first-order valence-corrected chi connectivity index (χ1v) is 25.9. The van der Waals surface area contributed by atoms with Crippen LogP contribution in [0.25, 0.3) is 39.5 Å². The summed E-state index contributed by atoms with van der Waals surface area (Å²) in [5, 5.41) is 3.00. The molecule has 0 N–H and O–H groups in total. The van der Waals surface area contributed by atoms with Crippen LogP contribution >= 0.6 is 17.0 Å². The molecule has 0 nitrogen and oxygen atoms in total. The molecule has 1 aliphatic heterocycles. The molecule has 0 radical (unpaired) electrons. The van der Waals surface area contributed by atoms with E-state index < -0.39 is 27.4 Å². The summed E-state index contributed by atoms with van der Waals surface area (Å²) in [5.41, 5.74) is 13.3. The molecule has 0 saturated carbocycles. The molecule has 0 bridgehead atoms. The van der Waals surface area contributed by atoms with Crippen LogP contribution in [-0.4, -0.2) is 9.52 Å². The number of hydrogen-bond donors (Lipinski definition) is 0. The van der Waals surface area contributed by atoms with Crippen LogP contribution in [-0.2, 0) is 24.3 Å². The minimum absolute atomic E-state index is 0.0733. The molecule has 0 aromatic heterocycles. The van der Waals surface area contributed by atoms with E-state index in [2.05, 4.69) is 136 Å². The zero-order valence-electron chi connectivity index (χ0n) is 25.0. The Hall–Kier alpha value is -2.48. The van der Waals surface area contributed by atoms with Crippen LogP contribution in [0.15, 0.2) is 115 Å². The van der Waals surface area contributed by atoms with Crippen molar-refractivity contribution in [2.45, 2.75) is 37.2 Å². The molecule has 0 fully saturated rings. The van der Waals surface area contributed by atoms with Gasteiger partial charge in [-0.1, -0.05) is 0 Å². The topological polar surface area (TPSA) is 0 Å². The van der Waals surface area contributed by atoms with Crippen molar-refractivity contribution < 1.29 is 17.9 Å². The summed E-state index contributed by atoms with van der Waals surface area (Å²) in [5.74, 6) is 0.395. The van der Waals surface area contributed by atoms with E-state index >= 15 is 0 Å². The summed E-state index contributed by atoms with van der Waals surface area (Å²) in [6.45, 7) is 6.90. The number of halogens is 2. The van der Waals surface area contributed by atoms with Gasteiger partial charge < -0.3 is 0 Å². The van der Waals surface area contributed by atoms with Crippen molar-refractivity contribution in [1.29, 1.82) is 0 Å². The Morgan fingerprint density at radius 1 is 0.721 bits per heavy atom. The van der Waals surface area contributed by atoms with Gasteiger partial charge in [-0.2, -0.15) is 0 Å². The summed E-state index contributed by atoms with van der Waals surface area (Å²) >= 11 is -4.07. The van der Waals surface area contributed by atoms with Gasteiger partial charge in [-0.25, -0.2) is 0 Å². The summed E-state index contributed by atoms with van der Waals surface area (Å²) in [4.78, 5) is 0. The first-order valence-electron chi connectivity index (χ1n) is 15.5. The van der Waals surface area contributed by atoms with Crippen LogP contribution in [0.1, 0.15) is 47.5 Å². The fraction of sp³-hybridized carbons (Fsp3) is 0.179. The van der Waals surface area contributed by atoms with Crippen LogP contribution in [0, 0.1) is 5.92 Å². The molecule has 214 valence electrons. The van der Waals surface area contributed by atoms with Crippen molar-refractivity contribution in [1.82, 2.24) is 0 Å². The first-order chi connectivity index (χ1) is 20.9. The third-order valence-electron chi connectivity index (χ3n) is 9.74. The summed E-state index contributed by atoms with van der Waals surface area (Å²) in [6, 6.07) is 40.1. The van der Waals surface area contributed by atoms with Crippen LogP contribution in [0.3, 0.4) is 0 Å². The van der Waals surface area contributed by atoms with Crippen LogP contribution in [0.5, 0.6) is 0 Å². The quantitative estimate of drug-likeness (QED) is 0.147. The van der Waals surface area contributed by atoms with E-state index in [1.54, 1.807) is 0 Å². The fourth-order valence-corrected chi connectivity index (χ4v) is 24.3. The monoisotopic (exact) mass is 692 g/mol. The Labute approximate surface area is 270 Å². The number of allylic oxidation sites excluding steroid dienone is 1. The Morgan fingerprint density at radius 3 is 2.19 bits per heavy atom. The second-order valence-corrected chi connectivity index (χ2v) is 27.9.